The van der Waals surface area contributed by atoms with Gasteiger partial charge in [-0.15, -0.1) is 5.10 Å². The van der Waals surface area contributed by atoms with Gasteiger partial charge in [-0.25, -0.2) is 19.6 Å². The van der Waals surface area contributed by atoms with Gasteiger partial charge in [0.1, 0.15) is 30.9 Å². The van der Waals surface area contributed by atoms with Gasteiger partial charge in [0.25, 0.3) is 11.5 Å². The number of fused-ring (bicyclic) bond motifs is 1. The third kappa shape index (κ3) is 4.54. The number of aliphatic hydroxyl groups excluding tert-OH is 4. The highest BCUT2D eigenvalue weighted by Gasteiger charge is 2.44. The molecule has 2 aliphatic heterocycles. The Balaban J connectivity index is 0.000000161. The van der Waals surface area contributed by atoms with Gasteiger partial charge in [0.05, 0.1) is 32.0 Å². The summed E-state index contributed by atoms with van der Waals surface area (Å²) < 4.78 is 13.6. The predicted octanol–water partition coefficient (Wildman–Crippen LogP) is -3.22. The second-order valence-electron chi connectivity index (χ2n) is 7.67. The quantitative estimate of drug-likeness (QED) is 0.211. The second-order valence-corrected chi connectivity index (χ2v) is 7.67. The summed E-state index contributed by atoms with van der Waals surface area (Å²) in [7, 11) is 0. The smallest absolute Gasteiger partial charge is 0.288 e. The number of carbonyl (C=O) groups excluding carboxylic acids is 1. The number of primary amides is 1. The molecule has 7 N–H and O–H groups in total. The van der Waals surface area contributed by atoms with Crippen LogP contribution in [0.1, 0.15) is 35.9 Å². The van der Waals surface area contributed by atoms with Crippen LogP contribution in [-0.4, -0.2) is 98.2 Å². The Labute approximate surface area is 190 Å². The van der Waals surface area contributed by atoms with Crippen molar-refractivity contribution in [1.82, 2.24) is 34.3 Å². The van der Waals surface area contributed by atoms with Gasteiger partial charge in [-0.2, -0.15) is 0 Å². The Bertz CT molecular complexity index is 1190. The van der Waals surface area contributed by atoms with Gasteiger partial charge in [-0.1, -0.05) is 0 Å². The summed E-state index contributed by atoms with van der Waals surface area (Å²) in [4.78, 5) is 36.5. The third-order valence-corrected chi connectivity index (χ3v) is 5.47. The highest BCUT2D eigenvalue weighted by atomic mass is 16.6. The standard InChI is InChI=1S/C10H12N4O3.C8H12N4O5/c15-3-6-1-2-7(17-6)14-5-13-8-9(14)11-4-12-10(8)16;9-6(16)7-10-2-12(11-7)8-5(15)4(14)3(1-13)17-8/h4-7,15H,1-3H2,(H,11,12,16);2-5,8,13-15H,1H2,(H2,9,16)/t6-,7+;3-,4-,5-,8-/m01/s1. The van der Waals surface area contributed by atoms with Crippen LogP contribution in [0.5, 0.6) is 0 Å². The minimum absolute atomic E-state index is 0.0111. The van der Waals surface area contributed by atoms with E-state index in [0.717, 1.165) is 23.9 Å². The number of aliphatic hydroxyl groups is 4. The summed E-state index contributed by atoms with van der Waals surface area (Å²) >= 11 is 0. The first-order valence-electron chi connectivity index (χ1n) is 10.3. The van der Waals surface area contributed by atoms with Gasteiger partial charge in [0.15, 0.2) is 17.4 Å². The third-order valence-electron chi connectivity index (χ3n) is 5.47. The number of aromatic nitrogens is 7. The molecule has 2 aliphatic rings. The van der Waals surface area contributed by atoms with Crippen LogP contribution in [0.4, 0.5) is 0 Å². The Kier molecular flexibility index (Phi) is 6.96. The molecule has 3 aromatic rings. The average molecular weight is 480 g/mol. The van der Waals surface area contributed by atoms with Crippen molar-refractivity contribution in [3.63, 3.8) is 0 Å². The molecule has 1 amide bonds. The van der Waals surface area contributed by atoms with Crippen LogP contribution in [0.2, 0.25) is 0 Å². The lowest BCUT2D eigenvalue weighted by Gasteiger charge is -2.13. The predicted molar refractivity (Wildman–Crippen MR) is 110 cm³/mol. The minimum Gasteiger partial charge on any atom is -0.394 e. The number of amides is 1. The number of aromatic amines is 1. The molecule has 2 saturated heterocycles. The zero-order valence-corrected chi connectivity index (χ0v) is 17.7. The lowest BCUT2D eigenvalue weighted by atomic mass is 10.1. The van der Waals surface area contributed by atoms with Crippen LogP contribution in [0.25, 0.3) is 11.2 Å². The van der Waals surface area contributed by atoms with Gasteiger partial charge >= 0.3 is 0 Å². The molecule has 0 aromatic carbocycles. The molecule has 184 valence electrons. The molecular formula is C18H24N8O8. The lowest BCUT2D eigenvalue weighted by Crippen LogP contribution is -2.33. The molecule has 0 unspecified atom stereocenters. The summed E-state index contributed by atoms with van der Waals surface area (Å²) in [6, 6.07) is 0. The zero-order chi connectivity index (χ0) is 24.4. The van der Waals surface area contributed by atoms with Crippen molar-refractivity contribution >= 4 is 17.1 Å². The fourth-order valence-corrected chi connectivity index (χ4v) is 3.71. The van der Waals surface area contributed by atoms with Gasteiger partial charge in [-0.05, 0) is 12.8 Å². The topological polar surface area (TPSA) is 237 Å². The molecule has 5 rings (SSSR count). The Morgan fingerprint density at radius 3 is 2.53 bits per heavy atom. The van der Waals surface area contributed by atoms with Crippen molar-refractivity contribution < 1.29 is 34.7 Å². The first-order chi connectivity index (χ1) is 16.3. The van der Waals surface area contributed by atoms with Gasteiger partial charge < -0.3 is 40.6 Å². The average Bonchev–Trinajstić information content (AvgIpc) is 3.61. The summed E-state index contributed by atoms with van der Waals surface area (Å²) in [6.45, 7) is -0.427. The molecule has 0 spiro atoms. The Morgan fingerprint density at radius 2 is 1.91 bits per heavy atom. The van der Waals surface area contributed by atoms with Crippen LogP contribution in [-0.2, 0) is 9.47 Å². The molecule has 0 saturated carbocycles. The number of H-pyrrole nitrogens is 1. The fourth-order valence-electron chi connectivity index (χ4n) is 3.71. The normalized spacial score (nSPS) is 28.7. The van der Waals surface area contributed by atoms with E-state index in [1.807, 2.05) is 0 Å². The summed E-state index contributed by atoms with van der Waals surface area (Å²) in [5.74, 6) is -1.03. The van der Waals surface area contributed by atoms with E-state index in [2.05, 4.69) is 25.0 Å². The Hall–Kier alpha value is -3.28. The zero-order valence-electron chi connectivity index (χ0n) is 17.7. The highest BCUT2D eigenvalue weighted by Crippen LogP contribution is 2.29. The number of carbonyl (C=O) groups is 1. The van der Waals surface area contributed by atoms with Crippen LogP contribution in [0.3, 0.4) is 0 Å². The van der Waals surface area contributed by atoms with Crippen molar-refractivity contribution in [3.8, 4) is 0 Å². The van der Waals surface area contributed by atoms with E-state index in [4.69, 9.17) is 25.4 Å². The molecule has 0 bridgehead atoms. The number of rotatable bonds is 5. The fraction of sp³-hybridized carbons (Fsp3) is 0.556. The minimum atomic E-state index is -1.27. The molecular weight excluding hydrogens is 456 g/mol. The summed E-state index contributed by atoms with van der Waals surface area (Å²) in [5, 5.41) is 40.8. The summed E-state index contributed by atoms with van der Waals surface area (Å²) in [5.41, 5.74) is 5.53. The highest BCUT2D eigenvalue weighted by molar-refractivity contribution is 5.88. The molecule has 16 heteroatoms. The van der Waals surface area contributed by atoms with Crippen LogP contribution >= 0.6 is 0 Å². The molecule has 16 nitrogen and oxygen atoms in total. The van der Waals surface area contributed by atoms with Crippen LogP contribution < -0.4 is 11.3 Å². The molecule has 0 radical (unpaired) electrons. The maximum Gasteiger partial charge on any atom is 0.288 e. The number of imidazole rings is 1. The van der Waals surface area contributed by atoms with Gasteiger partial charge in [0.2, 0.25) is 5.82 Å². The van der Waals surface area contributed by atoms with Crippen molar-refractivity contribution in [2.24, 2.45) is 5.73 Å². The first-order valence-corrected chi connectivity index (χ1v) is 10.3. The number of hydrogen-bond donors (Lipinski definition) is 6. The van der Waals surface area contributed by atoms with E-state index in [9.17, 15) is 19.8 Å². The van der Waals surface area contributed by atoms with Crippen molar-refractivity contribution in [2.45, 2.75) is 49.7 Å². The summed E-state index contributed by atoms with van der Waals surface area (Å²) in [6.07, 6.45) is 0.875. The molecule has 3 aromatic heterocycles. The van der Waals surface area contributed by atoms with Crippen LogP contribution in [0, 0.1) is 0 Å². The number of nitrogens with two attached hydrogens (primary N) is 1. The van der Waals surface area contributed by atoms with E-state index >= 15 is 0 Å². The SMILES string of the molecule is NC(=O)c1ncn([C@@H]2O[C@H](CO)[C@@H](O)[C@H]2O)n1.O=c1[nH]cnc2c1ncn2[C@H]1CC[C@@H](CO)O1. The van der Waals surface area contributed by atoms with Crippen molar-refractivity contribution in [3.05, 3.63) is 35.2 Å². The van der Waals surface area contributed by atoms with E-state index in [-0.39, 0.29) is 30.3 Å². The molecule has 0 aliphatic carbocycles. The van der Waals surface area contributed by atoms with E-state index < -0.39 is 37.1 Å². The molecule has 2 fully saturated rings. The maximum atomic E-state index is 11.5. The van der Waals surface area contributed by atoms with E-state index in [0.29, 0.717) is 11.2 Å². The second kappa shape index (κ2) is 9.92. The lowest BCUT2D eigenvalue weighted by molar-refractivity contribution is -0.0588. The molecule has 34 heavy (non-hydrogen) atoms. The van der Waals surface area contributed by atoms with E-state index in [1.54, 1.807) is 10.9 Å². The number of nitrogens with zero attached hydrogens (tertiary/aromatic N) is 6. The maximum absolute atomic E-state index is 11.5. The number of hydrogen-bond acceptors (Lipinski definition) is 12. The largest absolute Gasteiger partial charge is 0.394 e. The Morgan fingerprint density at radius 1 is 1.12 bits per heavy atom. The van der Waals surface area contributed by atoms with Gasteiger partial charge in [0, 0.05) is 0 Å². The number of ether oxygens (including phenoxy) is 2. The van der Waals surface area contributed by atoms with Crippen molar-refractivity contribution in [2.75, 3.05) is 13.2 Å². The first kappa shape index (κ1) is 23.9. The van der Waals surface area contributed by atoms with Crippen molar-refractivity contribution in [1.29, 1.82) is 0 Å². The van der Waals surface area contributed by atoms with Gasteiger partial charge in [-0.3, -0.25) is 14.2 Å². The molecule has 5 heterocycles. The van der Waals surface area contributed by atoms with E-state index in [1.165, 1.54) is 6.33 Å². The van der Waals surface area contributed by atoms with Crippen LogP contribution in [0.15, 0.2) is 23.8 Å². The number of nitrogens with one attached hydrogen (secondary N) is 1. The monoisotopic (exact) mass is 480 g/mol. The molecule has 6 atom stereocenters.